The summed E-state index contributed by atoms with van der Waals surface area (Å²) in [6.45, 7) is 2.86. The average Bonchev–Trinajstić information content (AvgIpc) is 3.59. The van der Waals surface area contributed by atoms with Crippen LogP contribution in [0.5, 0.6) is 0 Å². The number of aliphatic hydroxyl groups is 1. The number of fused-ring (bicyclic) bond motifs is 2. The van der Waals surface area contributed by atoms with Crippen LogP contribution in [0.3, 0.4) is 0 Å². The summed E-state index contributed by atoms with van der Waals surface area (Å²) in [4.78, 5) is 25.8. The van der Waals surface area contributed by atoms with Crippen LogP contribution in [-0.4, -0.2) is 39.2 Å². The number of carbonyl (C=O) groups excluding carboxylic acids is 1. The number of benzene rings is 1. The first kappa shape index (κ1) is 23.6. The van der Waals surface area contributed by atoms with Gasteiger partial charge in [-0.2, -0.15) is 0 Å². The molecule has 3 aromatic heterocycles. The average molecular weight is 583 g/mol. The molecule has 1 amide bonds. The van der Waals surface area contributed by atoms with Gasteiger partial charge in [0.15, 0.2) is 5.58 Å². The maximum Gasteiger partial charge on any atom is 0.229 e. The molecule has 0 spiro atoms. The topological polar surface area (TPSA) is 110 Å². The van der Waals surface area contributed by atoms with E-state index >= 15 is 0 Å². The van der Waals surface area contributed by atoms with Gasteiger partial charge in [0.05, 0.1) is 12.2 Å². The van der Waals surface area contributed by atoms with Crippen LogP contribution >= 0.6 is 0 Å². The largest absolute Gasteiger partial charge is 0.436 e. The minimum Gasteiger partial charge on any atom is -0.436 e. The van der Waals surface area contributed by atoms with Gasteiger partial charge in [0.1, 0.15) is 16.9 Å². The summed E-state index contributed by atoms with van der Waals surface area (Å²) in [5.74, 6) is 1.03. The van der Waals surface area contributed by atoms with Gasteiger partial charge >= 0.3 is 0 Å². The van der Waals surface area contributed by atoms with E-state index in [0.717, 1.165) is 46.9 Å². The first-order chi connectivity index (χ1) is 16.0. The number of aromatic nitrogens is 3. The third kappa shape index (κ3) is 4.31. The number of nitrogens with zero attached hydrogens (tertiary/aromatic N) is 3. The number of hydrogen-bond donors (Lipinski definition) is 2. The number of hydrogen-bond acceptors (Lipinski definition) is 7. The van der Waals surface area contributed by atoms with Crippen molar-refractivity contribution in [2.45, 2.75) is 38.2 Å². The van der Waals surface area contributed by atoms with Gasteiger partial charge in [-0.15, -0.1) is 0 Å². The summed E-state index contributed by atoms with van der Waals surface area (Å²) in [7, 11) is 0. The van der Waals surface area contributed by atoms with Crippen LogP contribution in [0.25, 0.3) is 33.3 Å². The van der Waals surface area contributed by atoms with Gasteiger partial charge in [-0.1, -0.05) is 6.07 Å². The number of nitrogens with one attached hydrogen (secondary N) is 1. The molecule has 1 unspecified atom stereocenters. The Morgan fingerprint density at radius 1 is 1.18 bits per heavy atom. The standard InChI is InChI=1S/C25H24N4O4.La/c1-14-18-11-27-22(29-23(30)15-3-4-15)10-17(18)19(12-26-14)24-28-20-9-16(5-6-21(20)33-24)25(31)7-2-8-32-13-25;/h5-6,9-12,15,31H,2-4,7-8,13H2,1H3,(H,27,29,30);. The molecule has 8 nitrogen and oxygen atoms in total. The number of oxazole rings is 1. The van der Waals surface area contributed by atoms with E-state index in [1.54, 1.807) is 12.4 Å². The van der Waals surface area contributed by atoms with Gasteiger partial charge in [-0.3, -0.25) is 9.78 Å². The summed E-state index contributed by atoms with van der Waals surface area (Å²) in [6.07, 6.45) is 6.78. The molecule has 171 valence electrons. The van der Waals surface area contributed by atoms with E-state index in [0.29, 0.717) is 35.8 Å². The van der Waals surface area contributed by atoms with E-state index in [4.69, 9.17) is 14.1 Å². The molecule has 1 saturated carbocycles. The second kappa shape index (κ2) is 9.13. The quantitative estimate of drug-likeness (QED) is 0.373. The predicted molar refractivity (Wildman–Crippen MR) is 123 cm³/mol. The zero-order chi connectivity index (χ0) is 22.6. The molecule has 9 heteroatoms. The summed E-state index contributed by atoms with van der Waals surface area (Å²) < 4.78 is 11.6. The Morgan fingerprint density at radius 3 is 2.79 bits per heavy atom. The van der Waals surface area contributed by atoms with Crippen molar-refractivity contribution in [2.24, 2.45) is 5.92 Å². The van der Waals surface area contributed by atoms with Gasteiger partial charge in [-0.05, 0) is 56.4 Å². The second-order valence-corrected chi connectivity index (χ2v) is 9.03. The molecule has 1 aliphatic carbocycles. The maximum atomic E-state index is 12.2. The third-order valence-corrected chi connectivity index (χ3v) is 6.55. The van der Waals surface area contributed by atoms with Crippen molar-refractivity contribution in [3.63, 3.8) is 0 Å². The Morgan fingerprint density at radius 2 is 2.03 bits per heavy atom. The van der Waals surface area contributed by atoms with Crippen molar-refractivity contribution in [2.75, 3.05) is 18.5 Å². The fourth-order valence-electron chi connectivity index (χ4n) is 4.42. The molecular weight excluding hydrogens is 559 g/mol. The number of rotatable bonds is 4. The van der Waals surface area contributed by atoms with Crippen molar-refractivity contribution >= 4 is 33.6 Å². The van der Waals surface area contributed by atoms with E-state index in [1.165, 1.54) is 0 Å². The minimum atomic E-state index is -1.01. The Bertz CT molecular complexity index is 1390. The molecule has 1 aliphatic heterocycles. The van der Waals surface area contributed by atoms with Crippen LogP contribution in [0, 0.1) is 48.4 Å². The van der Waals surface area contributed by atoms with Crippen LogP contribution in [0.4, 0.5) is 5.82 Å². The Kier molecular flexibility index (Phi) is 6.33. The number of anilines is 1. The van der Waals surface area contributed by atoms with E-state index < -0.39 is 5.60 Å². The van der Waals surface area contributed by atoms with Crippen LogP contribution in [0.2, 0.25) is 0 Å². The fourth-order valence-corrected chi connectivity index (χ4v) is 4.42. The number of pyridine rings is 2. The normalized spacial score (nSPS) is 20.3. The molecule has 1 saturated heterocycles. The third-order valence-electron chi connectivity index (χ3n) is 6.55. The molecule has 34 heavy (non-hydrogen) atoms. The van der Waals surface area contributed by atoms with Gasteiger partial charge < -0.3 is 19.6 Å². The smallest absolute Gasteiger partial charge is 0.229 e. The maximum absolute atomic E-state index is 12.2. The monoisotopic (exact) mass is 583 g/mol. The van der Waals surface area contributed by atoms with E-state index in [1.807, 2.05) is 31.2 Å². The van der Waals surface area contributed by atoms with Gasteiger partial charge in [-0.25, -0.2) is 9.97 Å². The number of carbonyl (C=O) groups is 1. The van der Waals surface area contributed by atoms with Gasteiger partial charge in [0.25, 0.3) is 0 Å². The van der Waals surface area contributed by atoms with Crippen molar-refractivity contribution in [1.29, 1.82) is 0 Å². The summed E-state index contributed by atoms with van der Waals surface area (Å²) >= 11 is 0. The molecule has 6 rings (SSSR count). The van der Waals surface area contributed by atoms with Crippen LogP contribution in [0.1, 0.15) is 36.9 Å². The van der Waals surface area contributed by atoms with Crippen LogP contribution in [0.15, 0.2) is 41.1 Å². The molecule has 1 aromatic carbocycles. The molecule has 2 N–H and O–H groups in total. The SMILES string of the molecule is Cc1ncc(-c2nc3cc(C4(O)CCCOC4)ccc3o2)c2cc(NC(=O)C3CC3)ncc12.[La]. The summed E-state index contributed by atoms with van der Waals surface area (Å²) in [5.41, 5.74) is 2.60. The van der Waals surface area contributed by atoms with Crippen molar-refractivity contribution in [3.8, 4) is 11.5 Å². The molecular formula is C25H24LaN4O4. The molecule has 4 aromatic rings. The second-order valence-electron chi connectivity index (χ2n) is 9.03. The van der Waals surface area contributed by atoms with Gasteiger partial charge in [0, 0.05) is 77.0 Å². The predicted octanol–water partition coefficient (Wildman–Crippen LogP) is 4.09. The molecule has 1 atom stereocenters. The van der Waals surface area contributed by atoms with E-state index in [-0.39, 0.29) is 54.0 Å². The van der Waals surface area contributed by atoms with E-state index in [2.05, 4.69) is 15.3 Å². The van der Waals surface area contributed by atoms with Crippen molar-refractivity contribution in [3.05, 3.63) is 47.9 Å². The molecule has 0 bridgehead atoms. The zero-order valence-corrected chi connectivity index (χ0v) is 22.5. The van der Waals surface area contributed by atoms with Crippen molar-refractivity contribution in [1.82, 2.24) is 15.0 Å². The summed E-state index contributed by atoms with van der Waals surface area (Å²) in [6, 6.07) is 7.42. The Labute approximate surface area is 224 Å². The van der Waals surface area contributed by atoms with Gasteiger partial charge in [0.2, 0.25) is 11.8 Å². The fraction of sp³-hybridized carbons (Fsp3) is 0.360. The Balaban J connectivity index is 0.00000241. The first-order valence-corrected chi connectivity index (χ1v) is 11.3. The van der Waals surface area contributed by atoms with Crippen molar-refractivity contribution < 1.29 is 54.7 Å². The zero-order valence-electron chi connectivity index (χ0n) is 18.9. The number of ether oxygens (including phenoxy) is 1. The van der Waals surface area contributed by atoms with Crippen LogP contribution < -0.4 is 5.32 Å². The number of aryl methyl sites for hydroxylation is 1. The Hall–Kier alpha value is -2.17. The summed E-state index contributed by atoms with van der Waals surface area (Å²) in [5, 5.41) is 15.6. The molecule has 2 aliphatic rings. The molecule has 2 fully saturated rings. The first-order valence-electron chi connectivity index (χ1n) is 11.3. The minimum absolute atomic E-state index is 0. The molecule has 4 heterocycles. The molecule has 1 radical (unpaired) electrons. The number of amides is 1. The van der Waals surface area contributed by atoms with Crippen LogP contribution in [-0.2, 0) is 15.1 Å². The van der Waals surface area contributed by atoms with E-state index in [9.17, 15) is 9.90 Å².